The quantitative estimate of drug-likeness (QED) is 0.358. The van der Waals surface area contributed by atoms with Crippen LogP contribution in [0.3, 0.4) is 0 Å². The summed E-state index contributed by atoms with van der Waals surface area (Å²) in [6.07, 6.45) is 5.25. The summed E-state index contributed by atoms with van der Waals surface area (Å²) in [6, 6.07) is 16.7. The smallest absolute Gasteiger partial charge is 0.323 e. The molecule has 1 fully saturated rings. The Balaban J connectivity index is 1.50. The number of imide groups is 1. The second kappa shape index (κ2) is 10.8. The van der Waals surface area contributed by atoms with Crippen LogP contribution in [-0.2, 0) is 14.4 Å². The second-order valence-corrected chi connectivity index (χ2v) is 8.62. The van der Waals surface area contributed by atoms with E-state index in [1.165, 1.54) is 37.9 Å². The number of benzene rings is 2. The number of piperidine rings is 1. The number of amides is 2. The number of hydrogen-bond donors (Lipinski definition) is 1. The van der Waals surface area contributed by atoms with E-state index in [0.717, 1.165) is 18.8 Å². The van der Waals surface area contributed by atoms with Gasteiger partial charge in [-0.3, -0.25) is 19.3 Å². The number of azo groups is 1. The minimum Gasteiger partial charge on any atom is -0.480 e. The van der Waals surface area contributed by atoms with Crippen molar-refractivity contribution in [2.75, 3.05) is 24.5 Å². The SMILES string of the molecule is CC1=C(C#N)C(=O)N(CC(=O)O)C(=O)/C1=C\c1ccc(/N=N/c2ccc(N3CCCCC3)cc2)cc1. The molecule has 0 saturated carbocycles. The third kappa shape index (κ3) is 5.39. The zero-order valence-corrected chi connectivity index (χ0v) is 19.8. The van der Waals surface area contributed by atoms with Crippen LogP contribution in [0.25, 0.3) is 6.08 Å². The number of rotatable bonds is 6. The standard InChI is InChI=1S/C27H25N5O4/c1-18-23(26(35)32(17-25(33)34)27(36)24(18)16-28)15-19-5-7-20(8-6-19)29-30-21-9-11-22(12-10-21)31-13-3-2-4-14-31/h5-12,15H,2-4,13-14,17H2,1H3,(H,33,34)/b23-15-,30-29+. The summed E-state index contributed by atoms with van der Waals surface area (Å²) in [7, 11) is 0. The predicted molar refractivity (Wildman–Crippen MR) is 134 cm³/mol. The van der Waals surface area contributed by atoms with Crippen molar-refractivity contribution in [2.45, 2.75) is 26.2 Å². The van der Waals surface area contributed by atoms with Gasteiger partial charge in [-0.25, -0.2) is 0 Å². The maximum Gasteiger partial charge on any atom is 0.323 e. The predicted octanol–water partition coefficient (Wildman–Crippen LogP) is 4.77. The molecule has 0 radical (unpaired) electrons. The largest absolute Gasteiger partial charge is 0.480 e. The van der Waals surface area contributed by atoms with Gasteiger partial charge in [-0.2, -0.15) is 15.5 Å². The summed E-state index contributed by atoms with van der Waals surface area (Å²) in [5.41, 5.74) is 3.23. The van der Waals surface area contributed by atoms with Crippen molar-refractivity contribution in [3.05, 3.63) is 70.8 Å². The molecule has 9 nitrogen and oxygen atoms in total. The second-order valence-electron chi connectivity index (χ2n) is 8.62. The lowest BCUT2D eigenvalue weighted by molar-refractivity contribution is -0.149. The van der Waals surface area contributed by atoms with Gasteiger partial charge in [-0.1, -0.05) is 12.1 Å². The maximum absolute atomic E-state index is 12.8. The van der Waals surface area contributed by atoms with E-state index in [-0.39, 0.29) is 16.7 Å². The molecule has 4 rings (SSSR count). The number of anilines is 1. The van der Waals surface area contributed by atoms with Crippen LogP contribution in [0, 0.1) is 11.3 Å². The molecule has 0 atom stereocenters. The third-order valence-electron chi connectivity index (χ3n) is 6.17. The van der Waals surface area contributed by atoms with E-state index in [4.69, 9.17) is 5.11 Å². The molecule has 0 spiro atoms. The summed E-state index contributed by atoms with van der Waals surface area (Å²) >= 11 is 0. The zero-order valence-electron chi connectivity index (χ0n) is 19.8. The fourth-order valence-electron chi connectivity index (χ4n) is 4.21. The molecule has 2 heterocycles. The van der Waals surface area contributed by atoms with E-state index in [2.05, 4.69) is 27.3 Å². The van der Waals surface area contributed by atoms with E-state index >= 15 is 0 Å². The first-order chi connectivity index (χ1) is 17.4. The molecule has 1 saturated heterocycles. The van der Waals surface area contributed by atoms with Gasteiger partial charge in [0.1, 0.15) is 18.2 Å². The van der Waals surface area contributed by atoms with E-state index in [1.807, 2.05) is 12.1 Å². The minimum absolute atomic E-state index is 0.0931. The van der Waals surface area contributed by atoms with Gasteiger partial charge >= 0.3 is 5.97 Å². The molecule has 2 aromatic carbocycles. The van der Waals surface area contributed by atoms with Crippen LogP contribution in [-0.4, -0.2) is 47.4 Å². The average Bonchev–Trinajstić information content (AvgIpc) is 2.89. The first-order valence-corrected chi connectivity index (χ1v) is 11.6. The Morgan fingerprint density at radius 1 is 0.972 bits per heavy atom. The van der Waals surface area contributed by atoms with Crippen molar-refractivity contribution in [3.8, 4) is 6.07 Å². The number of hydrogen-bond acceptors (Lipinski definition) is 7. The lowest BCUT2D eigenvalue weighted by atomic mass is 9.93. The Morgan fingerprint density at radius 3 is 2.11 bits per heavy atom. The number of aliphatic carboxylic acids is 1. The number of carbonyl (C=O) groups is 3. The highest BCUT2D eigenvalue weighted by Gasteiger charge is 2.36. The highest BCUT2D eigenvalue weighted by molar-refractivity contribution is 6.20. The number of nitriles is 1. The van der Waals surface area contributed by atoms with Gasteiger partial charge in [-0.15, -0.1) is 0 Å². The summed E-state index contributed by atoms with van der Waals surface area (Å²) in [6.45, 7) is 2.84. The molecule has 2 aromatic rings. The first kappa shape index (κ1) is 24.5. The molecular formula is C27H25N5O4. The lowest BCUT2D eigenvalue weighted by Crippen LogP contribution is -2.45. The van der Waals surface area contributed by atoms with Crippen molar-refractivity contribution >= 4 is 40.9 Å². The summed E-state index contributed by atoms with van der Waals surface area (Å²) in [5, 5.41) is 27.0. The van der Waals surface area contributed by atoms with Gasteiger partial charge in [0, 0.05) is 24.4 Å². The lowest BCUT2D eigenvalue weighted by Gasteiger charge is -2.28. The molecule has 1 N–H and O–H groups in total. The first-order valence-electron chi connectivity index (χ1n) is 11.6. The highest BCUT2D eigenvalue weighted by atomic mass is 16.4. The van der Waals surface area contributed by atoms with Gasteiger partial charge in [0.15, 0.2) is 0 Å². The van der Waals surface area contributed by atoms with Crippen LogP contribution in [0.2, 0.25) is 0 Å². The van der Waals surface area contributed by atoms with Crippen molar-refractivity contribution < 1.29 is 19.5 Å². The van der Waals surface area contributed by atoms with E-state index < -0.39 is 24.3 Å². The minimum atomic E-state index is -1.34. The molecule has 2 aliphatic heterocycles. The molecule has 182 valence electrons. The normalized spacial score (nSPS) is 17.7. The molecule has 0 aliphatic carbocycles. The molecule has 36 heavy (non-hydrogen) atoms. The van der Waals surface area contributed by atoms with Gasteiger partial charge < -0.3 is 10.0 Å². The topological polar surface area (TPSA) is 126 Å². The molecular weight excluding hydrogens is 458 g/mol. The molecule has 0 aromatic heterocycles. The number of carboxylic acid groups (broad SMARTS) is 1. The van der Waals surface area contributed by atoms with Gasteiger partial charge in [0.25, 0.3) is 11.8 Å². The van der Waals surface area contributed by atoms with Crippen LogP contribution in [0.1, 0.15) is 31.7 Å². The van der Waals surface area contributed by atoms with Gasteiger partial charge in [0.2, 0.25) is 0 Å². The Labute approximate surface area is 208 Å². The summed E-state index contributed by atoms with van der Waals surface area (Å²) < 4.78 is 0. The zero-order chi connectivity index (χ0) is 25.7. The van der Waals surface area contributed by atoms with Gasteiger partial charge in [-0.05, 0) is 79.8 Å². The van der Waals surface area contributed by atoms with Crippen LogP contribution in [0.5, 0.6) is 0 Å². The Bertz CT molecular complexity index is 1310. The van der Waals surface area contributed by atoms with Crippen molar-refractivity contribution in [2.24, 2.45) is 10.2 Å². The van der Waals surface area contributed by atoms with Crippen LogP contribution in [0.4, 0.5) is 17.1 Å². The van der Waals surface area contributed by atoms with Crippen molar-refractivity contribution in [1.82, 2.24) is 4.90 Å². The maximum atomic E-state index is 12.8. The number of carboxylic acids is 1. The van der Waals surface area contributed by atoms with E-state index in [9.17, 15) is 19.6 Å². The highest BCUT2D eigenvalue weighted by Crippen LogP contribution is 2.28. The summed E-state index contributed by atoms with van der Waals surface area (Å²) in [5.74, 6) is -3.00. The molecule has 2 aliphatic rings. The fourth-order valence-corrected chi connectivity index (χ4v) is 4.21. The molecule has 2 amide bonds. The fraction of sp³-hybridized carbons (Fsp3) is 0.259. The monoisotopic (exact) mass is 483 g/mol. The van der Waals surface area contributed by atoms with Crippen LogP contribution < -0.4 is 4.90 Å². The molecule has 0 bridgehead atoms. The Hall–Kier alpha value is -4.58. The van der Waals surface area contributed by atoms with Crippen molar-refractivity contribution in [3.63, 3.8) is 0 Å². The van der Waals surface area contributed by atoms with E-state index in [1.54, 1.807) is 30.3 Å². The Kier molecular flexibility index (Phi) is 7.35. The number of nitrogens with zero attached hydrogens (tertiary/aromatic N) is 5. The number of carbonyl (C=O) groups excluding carboxylic acids is 2. The van der Waals surface area contributed by atoms with E-state index in [0.29, 0.717) is 16.2 Å². The molecule has 9 heteroatoms. The van der Waals surface area contributed by atoms with Crippen molar-refractivity contribution in [1.29, 1.82) is 5.26 Å². The molecule has 0 unspecified atom stereocenters. The summed E-state index contributed by atoms with van der Waals surface area (Å²) in [4.78, 5) is 39.2. The van der Waals surface area contributed by atoms with Crippen LogP contribution >= 0.6 is 0 Å². The van der Waals surface area contributed by atoms with Gasteiger partial charge in [0.05, 0.1) is 11.4 Å². The Morgan fingerprint density at radius 2 is 1.56 bits per heavy atom. The third-order valence-corrected chi connectivity index (χ3v) is 6.17. The average molecular weight is 484 g/mol. The van der Waals surface area contributed by atoms with Crippen LogP contribution in [0.15, 0.2) is 75.5 Å².